The number of aryl methyl sites for hydroxylation is 1. The van der Waals surface area contributed by atoms with Gasteiger partial charge in [-0.3, -0.25) is 0 Å². The van der Waals surface area contributed by atoms with Gasteiger partial charge in [-0.15, -0.1) is 0 Å². The lowest BCUT2D eigenvalue weighted by molar-refractivity contribution is 0.477. The highest BCUT2D eigenvalue weighted by molar-refractivity contribution is 9.10. The number of hydrogen-bond acceptors (Lipinski definition) is 3. The van der Waals surface area contributed by atoms with Crippen LogP contribution in [0.15, 0.2) is 22.7 Å². The van der Waals surface area contributed by atoms with Crippen LogP contribution in [0.25, 0.3) is 22.1 Å². The van der Waals surface area contributed by atoms with Crippen LogP contribution in [-0.2, 0) is 0 Å². The van der Waals surface area contributed by atoms with E-state index in [1.165, 1.54) is 0 Å². The van der Waals surface area contributed by atoms with Crippen LogP contribution >= 0.6 is 39.1 Å². The first kappa shape index (κ1) is 12.9. The van der Waals surface area contributed by atoms with E-state index in [-0.39, 0.29) is 5.75 Å². The molecule has 3 aromatic rings. The fraction of sp³-hybridized carbons (Fsp3) is 0.0769. The van der Waals surface area contributed by atoms with Gasteiger partial charge in [0.25, 0.3) is 0 Å². The molecule has 2 aromatic carbocycles. The predicted molar refractivity (Wildman–Crippen MR) is 81.2 cm³/mol. The molecule has 1 N–H and O–H groups in total. The second-order valence-corrected chi connectivity index (χ2v) is 5.87. The van der Waals surface area contributed by atoms with Crippen molar-refractivity contribution >= 4 is 61.2 Å². The molecule has 0 fully saturated rings. The fourth-order valence-electron chi connectivity index (χ4n) is 1.93. The molecule has 0 aliphatic carbocycles. The monoisotopic (exact) mass is 356 g/mol. The Morgan fingerprint density at radius 2 is 1.53 bits per heavy atom. The number of nitrogens with zero attached hydrogens (tertiary/aromatic N) is 2. The van der Waals surface area contributed by atoms with Gasteiger partial charge in [0.05, 0.1) is 31.1 Å². The van der Waals surface area contributed by atoms with Crippen molar-refractivity contribution in [2.75, 3.05) is 0 Å². The van der Waals surface area contributed by atoms with Gasteiger partial charge in [0.15, 0.2) is 5.75 Å². The molecule has 0 unspecified atom stereocenters. The Morgan fingerprint density at radius 3 is 2.11 bits per heavy atom. The highest BCUT2D eigenvalue weighted by Gasteiger charge is 2.13. The zero-order valence-electron chi connectivity index (χ0n) is 9.71. The molecule has 0 radical (unpaired) electrons. The van der Waals surface area contributed by atoms with Gasteiger partial charge >= 0.3 is 0 Å². The molecule has 0 spiro atoms. The lowest BCUT2D eigenvalue weighted by Crippen LogP contribution is -1.91. The number of rotatable bonds is 0. The van der Waals surface area contributed by atoms with Gasteiger partial charge in [-0.05, 0) is 46.6 Å². The molecule has 0 bridgehead atoms. The Morgan fingerprint density at radius 1 is 1.00 bits per heavy atom. The Kier molecular flexibility index (Phi) is 3.04. The summed E-state index contributed by atoms with van der Waals surface area (Å²) in [7, 11) is 0. The summed E-state index contributed by atoms with van der Waals surface area (Å²) in [5, 5.41) is 10.9. The molecular weight excluding hydrogens is 351 g/mol. The molecule has 0 saturated heterocycles. The summed E-state index contributed by atoms with van der Waals surface area (Å²) in [6.07, 6.45) is 0. The third kappa shape index (κ3) is 2.04. The predicted octanol–water partition coefficient (Wildman–Crippen LogP) is 4.87. The maximum atomic E-state index is 10.1. The Labute approximate surface area is 127 Å². The van der Waals surface area contributed by atoms with Crippen LogP contribution in [0.2, 0.25) is 10.0 Å². The third-order valence-corrected chi connectivity index (χ3v) is 4.20. The number of aromatic hydroxyl groups is 1. The number of aromatic nitrogens is 2. The molecule has 96 valence electrons. The van der Waals surface area contributed by atoms with Gasteiger partial charge in [-0.2, -0.15) is 0 Å². The van der Waals surface area contributed by atoms with Crippen molar-refractivity contribution in [3.8, 4) is 5.75 Å². The lowest BCUT2D eigenvalue weighted by Gasteiger charge is -2.08. The maximum Gasteiger partial charge on any atom is 0.157 e. The molecule has 3 rings (SSSR count). The smallest absolute Gasteiger partial charge is 0.157 e. The van der Waals surface area contributed by atoms with Crippen molar-refractivity contribution in [3.63, 3.8) is 0 Å². The Hall–Kier alpha value is -1.10. The molecule has 19 heavy (non-hydrogen) atoms. The number of phenols is 1. The largest absolute Gasteiger partial charge is 0.504 e. The van der Waals surface area contributed by atoms with Crippen molar-refractivity contribution in [3.05, 3.63) is 38.3 Å². The normalized spacial score (nSPS) is 11.4. The van der Waals surface area contributed by atoms with E-state index < -0.39 is 0 Å². The quantitative estimate of drug-likeness (QED) is 0.584. The summed E-state index contributed by atoms with van der Waals surface area (Å²) in [6, 6.07) is 5.11. The summed E-state index contributed by atoms with van der Waals surface area (Å²) in [4.78, 5) is 8.91. The third-order valence-electron chi connectivity index (χ3n) is 2.87. The van der Waals surface area contributed by atoms with Crippen LogP contribution < -0.4 is 0 Å². The number of hydrogen-bond donors (Lipinski definition) is 1. The van der Waals surface area contributed by atoms with E-state index in [1.807, 2.05) is 6.92 Å². The van der Waals surface area contributed by atoms with E-state index in [4.69, 9.17) is 23.2 Å². The zero-order valence-corrected chi connectivity index (χ0v) is 12.8. The number of halogens is 3. The minimum atomic E-state index is 0.0704. The second kappa shape index (κ2) is 4.47. The molecule has 3 nitrogen and oxygen atoms in total. The van der Waals surface area contributed by atoms with E-state index >= 15 is 0 Å². The van der Waals surface area contributed by atoms with Crippen LogP contribution in [0.1, 0.15) is 5.56 Å². The topological polar surface area (TPSA) is 46.0 Å². The zero-order chi connectivity index (χ0) is 13.7. The lowest BCUT2D eigenvalue weighted by atomic mass is 10.1. The number of phenolic OH excluding ortho intramolecular Hbond substituents is 1. The molecule has 0 saturated carbocycles. The summed E-state index contributed by atoms with van der Waals surface area (Å²) >= 11 is 15.2. The highest BCUT2D eigenvalue weighted by Crippen LogP contribution is 2.35. The van der Waals surface area contributed by atoms with Crippen LogP contribution in [0, 0.1) is 6.92 Å². The molecule has 0 atom stereocenters. The van der Waals surface area contributed by atoms with Crippen molar-refractivity contribution < 1.29 is 5.11 Å². The van der Waals surface area contributed by atoms with E-state index in [9.17, 15) is 5.11 Å². The van der Waals surface area contributed by atoms with Crippen molar-refractivity contribution in [2.45, 2.75) is 6.92 Å². The summed E-state index contributed by atoms with van der Waals surface area (Å²) < 4.78 is 0.589. The van der Waals surface area contributed by atoms with Crippen LogP contribution in [0.4, 0.5) is 0 Å². The van der Waals surface area contributed by atoms with Gasteiger partial charge in [-0.25, -0.2) is 9.97 Å². The second-order valence-electron chi connectivity index (χ2n) is 4.20. The summed E-state index contributed by atoms with van der Waals surface area (Å²) in [6.45, 7) is 1.91. The SMILES string of the molecule is Cc1cc(Br)c(O)c2nc3cc(Cl)c(Cl)cc3nc12. The van der Waals surface area contributed by atoms with Crippen LogP contribution in [-0.4, -0.2) is 15.1 Å². The van der Waals surface area contributed by atoms with Gasteiger partial charge in [0.1, 0.15) is 5.52 Å². The first-order valence-corrected chi connectivity index (χ1v) is 6.97. The minimum Gasteiger partial charge on any atom is -0.504 e. The first-order chi connectivity index (χ1) is 8.97. The maximum absolute atomic E-state index is 10.1. The molecular formula is C13H7BrCl2N2O. The van der Waals surface area contributed by atoms with E-state index in [1.54, 1.807) is 18.2 Å². The van der Waals surface area contributed by atoms with Crippen molar-refractivity contribution in [2.24, 2.45) is 0 Å². The van der Waals surface area contributed by atoms with Crippen molar-refractivity contribution in [1.29, 1.82) is 0 Å². The van der Waals surface area contributed by atoms with Crippen molar-refractivity contribution in [1.82, 2.24) is 9.97 Å². The average Bonchev–Trinajstić information content (AvgIpc) is 2.36. The molecule has 0 aliphatic heterocycles. The average molecular weight is 358 g/mol. The first-order valence-electron chi connectivity index (χ1n) is 5.42. The van der Waals surface area contributed by atoms with E-state index in [0.29, 0.717) is 36.6 Å². The minimum absolute atomic E-state index is 0.0704. The molecule has 0 aliphatic rings. The number of benzene rings is 2. The van der Waals surface area contributed by atoms with E-state index in [0.717, 1.165) is 5.56 Å². The molecule has 6 heteroatoms. The highest BCUT2D eigenvalue weighted by atomic mass is 79.9. The molecule has 1 heterocycles. The fourth-order valence-corrected chi connectivity index (χ4v) is 2.78. The summed E-state index contributed by atoms with van der Waals surface area (Å²) in [5.74, 6) is 0.0704. The van der Waals surface area contributed by atoms with Crippen LogP contribution in [0.5, 0.6) is 5.75 Å². The van der Waals surface area contributed by atoms with Gasteiger partial charge in [-0.1, -0.05) is 23.2 Å². The molecule has 0 amide bonds. The van der Waals surface area contributed by atoms with E-state index in [2.05, 4.69) is 25.9 Å². The van der Waals surface area contributed by atoms with Gasteiger partial charge in [0.2, 0.25) is 0 Å². The Bertz CT molecular complexity index is 836. The summed E-state index contributed by atoms with van der Waals surface area (Å²) in [5.41, 5.74) is 3.24. The number of fused-ring (bicyclic) bond motifs is 2. The standard InChI is InChI=1S/C13H7BrCl2N2O/c1-5-2-6(14)13(19)12-11(5)17-9-3-7(15)8(16)4-10(9)18-12/h2-4,19H,1H3. The van der Waals surface area contributed by atoms with Crippen LogP contribution in [0.3, 0.4) is 0 Å². The Balaban J connectivity index is 2.52. The van der Waals surface area contributed by atoms with Gasteiger partial charge in [0, 0.05) is 0 Å². The van der Waals surface area contributed by atoms with Gasteiger partial charge < -0.3 is 5.11 Å². The molecule has 1 aromatic heterocycles.